The van der Waals surface area contributed by atoms with Gasteiger partial charge in [-0.3, -0.25) is 9.59 Å². The van der Waals surface area contributed by atoms with E-state index in [-0.39, 0.29) is 30.6 Å². The maximum absolute atomic E-state index is 13.8. The van der Waals surface area contributed by atoms with Gasteiger partial charge in [0.05, 0.1) is 0 Å². The number of rotatable bonds is 10. The van der Waals surface area contributed by atoms with Crippen LogP contribution in [0.15, 0.2) is 30.3 Å². The third kappa shape index (κ3) is 6.33. The zero-order chi connectivity index (χ0) is 21.9. The van der Waals surface area contributed by atoms with E-state index in [1.54, 1.807) is 0 Å². The van der Waals surface area contributed by atoms with Crippen LogP contribution in [0.2, 0.25) is 0 Å². The number of benzene rings is 1. The van der Waals surface area contributed by atoms with E-state index in [1.165, 1.54) is 12.8 Å². The van der Waals surface area contributed by atoms with Crippen molar-refractivity contribution in [2.45, 2.75) is 110 Å². The van der Waals surface area contributed by atoms with Crippen molar-refractivity contribution in [3.05, 3.63) is 35.9 Å². The van der Waals surface area contributed by atoms with Gasteiger partial charge in [0, 0.05) is 0 Å². The normalized spacial score (nSPS) is 20.0. The second-order valence-corrected chi connectivity index (χ2v) is 9.49. The lowest BCUT2D eigenvalue weighted by atomic mass is 9.66. The molecule has 1 aromatic carbocycles. The van der Waals surface area contributed by atoms with E-state index in [2.05, 4.69) is 6.92 Å². The summed E-state index contributed by atoms with van der Waals surface area (Å²) in [5.41, 5.74) is -0.204. The van der Waals surface area contributed by atoms with Crippen molar-refractivity contribution in [1.29, 1.82) is 0 Å². The van der Waals surface area contributed by atoms with E-state index >= 15 is 0 Å². The smallest absolute Gasteiger partial charge is 0.324 e. The highest BCUT2D eigenvalue weighted by atomic mass is 16.6. The fraction of sp³-hybridized carbons (Fsp3) is 0.704. The summed E-state index contributed by atoms with van der Waals surface area (Å²) >= 11 is 0. The van der Waals surface area contributed by atoms with Gasteiger partial charge in [0.2, 0.25) is 0 Å². The molecule has 0 spiro atoms. The number of carbonyl (C=O) groups excluding carboxylic acids is 2. The number of unbranched alkanes of at least 4 members (excludes halogenated alkanes) is 2. The Labute approximate surface area is 188 Å². The highest BCUT2D eigenvalue weighted by molar-refractivity contribution is 6.00. The molecule has 0 heterocycles. The van der Waals surface area contributed by atoms with Crippen LogP contribution in [0, 0.1) is 11.3 Å². The summed E-state index contributed by atoms with van der Waals surface area (Å²) in [4.78, 5) is 27.4. The lowest BCUT2D eigenvalue weighted by Gasteiger charge is -2.39. The summed E-state index contributed by atoms with van der Waals surface area (Å²) < 4.78 is 11.9. The maximum atomic E-state index is 13.8. The summed E-state index contributed by atoms with van der Waals surface area (Å²) in [6, 6.07) is 9.73. The highest BCUT2D eigenvalue weighted by Crippen LogP contribution is 2.45. The largest absolute Gasteiger partial charge is 0.462 e. The molecule has 0 aromatic heterocycles. The fourth-order valence-electron chi connectivity index (χ4n) is 5.37. The lowest BCUT2D eigenvalue weighted by molar-refractivity contribution is -0.184. The average Bonchev–Trinajstić information content (AvgIpc) is 2.82. The molecule has 4 nitrogen and oxygen atoms in total. The number of ether oxygens (including phenoxy) is 2. The lowest BCUT2D eigenvalue weighted by Crippen LogP contribution is -2.49. The van der Waals surface area contributed by atoms with Crippen LogP contribution < -0.4 is 0 Å². The standard InChI is InChI=1S/C27H40O4/c1-2-3-13-20-27(23-16-9-5-10-17-23,26(29)31-24-18-11-6-12-19-24)25(28)30-21-22-14-7-4-8-15-22/h4,7-8,14-15,23-24H,2-3,5-6,9-13,16-21H2,1H3. The molecule has 0 saturated heterocycles. The van der Waals surface area contributed by atoms with Gasteiger partial charge in [-0.2, -0.15) is 0 Å². The SMILES string of the molecule is CCCCCC(C(=O)OCc1ccccc1)(C(=O)OC1CCCCC1)C1CCCCC1. The van der Waals surface area contributed by atoms with Crippen LogP contribution in [-0.4, -0.2) is 18.0 Å². The van der Waals surface area contributed by atoms with Gasteiger partial charge in [0.15, 0.2) is 5.41 Å². The second kappa shape index (κ2) is 12.3. The third-order valence-electron chi connectivity index (χ3n) is 7.24. The molecule has 0 radical (unpaired) electrons. The molecule has 31 heavy (non-hydrogen) atoms. The zero-order valence-electron chi connectivity index (χ0n) is 19.3. The molecule has 1 unspecified atom stereocenters. The first kappa shape index (κ1) is 23.8. The quantitative estimate of drug-likeness (QED) is 0.235. The van der Waals surface area contributed by atoms with E-state index in [1.807, 2.05) is 30.3 Å². The van der Waals surface area contributed by atoms with Crippen LogP contribution in [0.1, 0.15) is 102 Å². The fourth-order valence-corrected chi connectivity index (χ4v) is 5.37. The van der Waals surface area contributed by atoms with Crippen LogP contribution >= 0.6 is 0 Å². The third-order valence-corrected chi connectivity index (χ3v) is 7.24. The van der Waals surface area contributed by atoms with Crippen molar-refractivity contribution >= 4 is 11.9 Å². The van der Waals surface area contributed by atoms with Crippen LogP contribution in [0.4, 0.5) is 0 Å². The molecule has 0 bridgehead atoms. The summed E-state index contributed by atoms with van der Waals surface area (Å²) in [5, 5.41) is 0. The summed E-state index contributed by atoms with van der Waals surface area (Å²) in [7, 11) is 0. The first-order chi connectivity index (χ1) is 15.2. The van der Waals surface area contributed by atoms with Gasteiger partial charge in [-0.1, -0.05) is 82.2 Å². The zero-order valence-corrected chi connectivity index (χ0v) is 19.3. The molecule has 1 aromatic rings. The number of esters is 2. The molecular weight excluding hydrogens is 388 g/mol. The molecule has 2 saturated carbocycles. The average molecular weight is 429 g/mol. The minimum Gasteiger partial charge on any atom is -0.462 e. The van der Waals surface area contributed by atoms with Gasteiger partial charge in [0.25, 0.3) is 0 Å². The molecule has 2 aliphatic carbocycles. The van der Waals surface area contributed by atoms with Crippen molar-refractivity contribution in [3.8, 4) is 0 Å². The van der Waals surface area contributed by atoms with E-state index < -0.39 is 5.41 Å². The van der Waals surface area contributed by atoms with Crippen LogP contribution in [0.25, 0.3) is 0 Å². The van der Waals surface area contributed by atoms with Crippen LogP contribution in [0.3, 0.4) is 0 Å². The molecule has 0 N–H and O–H groups in total. The monoisotopic (exact) mass is 428 g/mol. The molecule has 2 fully saturated rings. The van der Waals surface area contributed by atoms with Crippen molar-refractivity contribution in [3.63, 3.8) is 0 Å². The molecule has 0 aliphatic heterocycles. The summed E-state index contributed by atoms with van der Waals surface area (Å²) in [5.74, 6) is -0.641. The Morgan fingerprint density at radius 2 is 1.52 bits per heavy atom. The van der Waals surface area contributed by atoms with Gasteiger partial charge in [-0.05, 0) is 56.4 Å². The maximum Gasteiger partial charge on any atom is 0.324 e. The van der Waals surface area contributed by atoms with Gasteiger partial charge < -0.3 is 9.47 Å². The van der Waals surface area contributed by atoms with E-state index in [4.69, 9.17) is 9.47 Å². The van der Waals surface area contributed by atoms with E-state index in [9.17, 15) is 9.59 Å². The van der Waals surface area contributed by atoms with Gasteiger partial charge >= 0.3 is 11.9 Å². The molecule has 172 valence electrons. The Kier molecular flexibility index (Phi) is 9.42. The molecule has 2 aliphatic rings. The number of carbonyl (C=O) groups is 2. The van der Waals surface area contributed by atoms with Crippen molar-refractivity contribution < 1.29 is 19.1 Å². The van der Waals surface area contributed by atoms with Gasteiger partial charge in [-0.25, -0.2) is 0 Å². The second-order valence-electron chi connectivity index (χ2n) is 9.49. The van der Waals surface area contributed by atoms with Gasteiger partial charge in [-0.15, -0.1) is 0 Å². The predicted molar refractivity (Wildman–Crippen MR) is 122 cm³/mol. The molecule has 1 atom stereocenters. The topological polar surface area (TPSA) is 52.6 Å². The Morgan fingerprint density at radius 1 is 0.871 bits per heavy atom. The summed E-state index contributed by atoms with van der Waals surface area (Å²) in [6.07, 6.45) is 13.8. The van der Waals surface area contributed by atoms with E-state index in [0.29, 0.717) is 6.42 Å². The Balaban J connectivity index is 1.83. The van der Waals surface area contributed by atoms with Crippen molar-refractivity contribution in [2.24, 2.45) is 11.3 Å². The number of hydrogen-bond acceptors (Lipinski definition) is 4. The minimum absolute atomic E-state index is 0.0254. The van der Waals surface area contributed by atoms with Crippen molar-refractivity contribution in [1.82, 2.24) is 0 Å². The van der Waals surface area contributed by atoms with Crippen molar-refractivity contribution in [2.75, 3.05) is 0 Å². The van der Waals surface area contributed by atoms with E-state index in [0.717, 1.165) is 76.2 Å². The molecule has 0 amide bonds. The summed E-state index contributed by atoms with van der Waals surface area (Å²) in [6.45, 7) is 2.36. The highest BCUT2D eigenvalue weighted by Gasteiger charge is 2.54. The minimum atomic E-state index is -1.15. The first-order valence-corrected chi connectivity index (χ1v) is 12.6. The molecular formula is C27H40O4. The Hall–Kier alpha value is -1.84. The number of hydrogen-bond donors (Lipinski definition) is 0. The molecule has 4 heteroatoms. The Morgan fingerprint density at radius 3 is 2.16 bits per heavy atom. The Bertz CT molecular complexity index is 674. The predicted octanol–water partition coefficient (Wildman–Crippen LogP) is 6.75. The molecule has 3 rings (SSSR count). The first-order valence-electron chi connectivity index (χ1n) is 12.6. The van der Waals surface area contributed by atoms with Crippen LogP contribution in [0.5, 0.6) is 0 Å². The van der Waals surface area contributed by atoms with Gasteiger partial charge in [0.1, 0.15) is 12.7 Å². The van der Waals surface area contributed by atoms with Crippen LogP contribution in [-0.2, 0) is 25.7 Å².